The van der Waals surface area contributed by atoms with E-state index in [0.29, 0.717) is 6.42 Å². The first-order chi connectivity index (χ1) is 5.34. The van der Waals surface area contributed by atoms with E-state index in [-0.39, 0.29) is 11.3 Å². The van der Waals surface area contributed by atoms with Crippen molar-refractivity contribution in [1.29, 1.82) is 0 Å². The average molecular weight is 166 g/mol. The van der Waals surface area contributed by atoms with Gasteiger partial charge in [-0.3, -0.25) is 4.79 Å². The van der Waals surface area contributed by atoms with Crippen LogP contribution in [-0.4, -0.2) is 11.3 Å². The van der Waals surface area contributed by atoms with Crippen molar-refractivity contribution in [2.24, 2.45) is 0 Å². The highest BCUT2D eigenvalue weighted by Crippen LogP contribution is 2.03. The largest absolute Gasteiger partial charge is 0.412 e. The lowest BCUT2D eigenvalue weighted by molar-refractivity contribution is 0.0982. The molecule has 2 nitrogen and oxygen atoms in total. The Balaban J connectivity index is 0.00000121. The van der Waals surface area contributed by atoms with E-state index >= 15 is 0 Å². The molecule has 0 fully saturated rings. The second kappa shape index (κ2) is 5.49. The van der Waals surface area contributed by atoms with E-state index in [1.54, 1.807) is 0 Å². The highest BCUT2D eigenvalue weighted by Gasteiger charge is 2.01. The van der Waals surface area contributed by atoms with Crippen molar-refractivity contribution >= 4 is 5.78 Å². The molecule has 1 rings (SSSR count). The van der Waals surface area contributed by atoms with Crippen molar-refractivity contribution in [2.45, 2.75) is 19.8 Å². The molecule has 2 N–H and O–H groups in total. The van der Waals surface area contributed by atoms with Gasteiger partial charge in [0.2, 0.25) is 0 Å². The molecule has 0 spiro atoms. The highest BCUT2D eigenvalue weighted by molar-refractivity contribution is 5.95. The summed E-state index contributed by atoms with van der Waals surface area (Å²) in [6, 6.07) is 9.42. The summed E-state index contributed by atoms with van der Waals surface area (Å²) in [5.74, 6) is 0.244. The van der Waals surface area contributed by atoms with Crippen LogP contribution in [0.4, 0.5) is 0 Å². The van der Waals surface area contributed by atoms with Gasteiger partial charge in [0.05, 0.1) is 0 Å². The van der Waals surface area contributed by atoms with Crippen molar-refractivity contribution < 1.29 is 10.3 Å². The van der Waals surface area contributed by atoms with E-state index in [2.05, 4.69) is 0 Å². The van der Waals surface area contributed by atoms with Crippen LogP contribution >= 0.6 is 0 Å². The molecule has 66 valence electrons. The monoisotopic (exact) mass is 166 g/mol. The molecule has 0 heterocycles. The topological polar surface area (TPSA) is 48.6 Å². The lowest BCUT2D eigenvalue weighted by Crippen LogP contribution is -1.96. The van der Waals surface area contributed by atoms with Gasteiger partial charge in [0, 0.05) is 12.0 Å². The molecule has 0 saturated heterocycles. The van der Waals surface area contributed by atoms with Gasteiger partial charge < -0.3 is 5.48 Å². The van der Waals surface area contributed by atoms with E-state index < -0.39 is 0 Å². The summed E-state index contributed by atoms with van der Waals surface area (Å²) >= 11 is 0. The van der Waals surface area contributed by atoms with Crippen molar-refractivity contribution in [2.75, 3.05) is 0 Å². The van der Waals surface area contributed by atoms with E-state index in [1.807, 2.05) is 37.3 Å². The van der Waals surface area contributed by atoms with Gasteiger partial charge in [-0.1, -0.05) is 37.3 Å². The predicted molar refractivity (Wildman–Crippen MR) is 49.3 cm³/mol. The number of rotatable bonds is 3. The SMILES string of the molecule is CCCC(=O)c1ccccc1.O. The summed E-state index contributed by atoms with van der Waals surface area (Å²) in [6.45, 7) is 2.01. The highest BCUT2D eigenvalue weighted by atomic mass is 16.1. The van der Waals surface area contributed by atoms with E-state index in [9.17, 15) is 4.79 Å². The zero-order chi connectivity index (χ0) is 8.10. The number of hydrogen-bond donors (Lipinski definition) is 0. The molecule has 0 unspecified atom stereocenters. The van der Waals surface area contributed by atoms with Crippen LogP contribution < -0.4 is 0 Å². The minimum atomic E-state index is 0. The Morgan fingerprint density at radius 1 is 1.25 bits per heavy atom. The fourth-order valence-corrected chi connectivity index (χ4v) is 0.995. The van der Waals surface area contributed by atoms with Crippen molar-refractivity contribution in [3.63, 3.8) is 0 Å². The molecule has 0 aliphatic carbocycles. The third kappa shape index (κ3) is 2.84. The summed E-state index contributed by atoms with van der Waals surface area (Å²) in [6.07, 6.45) is 1.58. The maximum absolute atomic E-state index is 11.2. The molecule has 1 aromatic carbocycles. The fourth-order valence-electron chi connectivity index (χ4n) is 0.995. The molecule has 1 aromatic rings. The standard InChI is InChI=1S/C10H12O.H2O/c1-2-6-10(11)9-7-4-3-5-8-9;/h3-5,7-8H,2,6H2,1H3;1H2. The molecule has 0 bridgehead atoms. The summed E-state index contributed by atoms with van der Waals surface area (Å²) in [4.78, 5) is 11.2. The second-order valence-corrected chi connectivity index (χ2v) is 2.54. The molecule has 0 saturated carbocycles. The Morgan fingerprint density at radius 3 is 2.33 bits per heavy atom. The normalized spacial score (nSPS) is 8.75. The van der Waals surface area contributed by atoms with Gasteiger partial charge in [-0.05, 0) is 6.42 Å². The minimum Gasteiger partial charge on any atom is -0.412 e. The molecular weight excluding hydrogens is 152 g/mol. The summed E-state index contributed by atoms with van der Waals surface area (Å²) in [5.41, 5.74) is 0.828. The van der Waals surface area contributed by atoms with E-state index in [1.165, 1.54) is 0 Å². The Hall–Kier alpha value is -1.15. The van der Waals surface area contributed by atoms with Crippen LogP contribution in [0.25, 0.3) is 0 Å². The number of carbonyl (C=O) groups is 1. The number of benzene rings is 1. The van der Waals surface area contributed by atoms with Gasteiger partial charge in [-0.25, -0.2) is 0 Å². The quantitative estimate of drug-likeness (QED) is 0.632. The lowest BCUT2D eigenvalue weighted by atomic mass is 10.1. The number of Topliss-reactive ketones (excluding diaryl/α,β-unsaturated/α-hetero) is 1. The van der Waals surface area contributed by atoms with Crippen LogP contribution in [-0.2, 0) is 0 Å². The van der Waals surface area contributed by atoms with Gasteiger partial charge in [0.1, 0.15) is 0 Å². The maximum Gasteiger partial charge on any atom is 0.162 e. The molecule has 0 amide bonds. The first-order valence-corrected chi connectivity index (χ1v) is 3.93. The van der Waals surface area contributed by atoms with Gasteiger partial charge in [0.25, 0.3) is 0 Å². The predicted octanol–water partition coefficient (Wildman–Crippen LogP) is 1.84. The van der Waals surface area contributed by atoms with Crippen molar-refractivity contribution in [1.82, 2.24) is 0 Å². The van der Waals surface area contributed by atoms with Gasteiger partial charge >= 0.3 is 0 Å². The Kier molecular flexibility index (Phi) is 4.97. The maximum atomic E-state index is 11.2. The number of ketones is 1. The second-order valence-electron chi connectivity index (χ2n) is 2.54. The first-order valence-electron chi connectivity index (χ1n) is 3.93. The number of carbonyl (C=O) groups excluding carboxylic acids is 1. The molecule has 2 heteroatoms. The van der Waals surface area contributed by atoms with Crippen LogP contribution in [0.15, 0.2) is 30.3 Å². The Labute approximate surface area is 72.5 Å². The molecule has 0 aromatic heterocycles. The van der Waals surface area contributed by atoms with Crippen LogP contribution in [0.5, 0.6) is 0 Å². The van der Waals surface area contributed by atoms with Crippen LogP contribution in [0.1, 0.15) is 30.1 Å². The van der Waals surface area contributed by atoms with Gasteiger partial charge in [0.15, 0.2) is 5.78 Å². The average Bonchev–Trinajstić information content (AvgIpc) is 2.07. The van der Waals surface area contributed by atoms with Crippen LogP contribution in [0.2, 0.25) is 0 Å². The molecular formula is C10H14O2. The van der Waals surface area contributed by atoms with Gasteiger partial charge in [-0.15, -0.1) is 0 Å². The summed E-state index contributed by atoms with van der Waals surface area (Å²) in [7, 11) is 0. The minimum absolute atomic E-state index is 0. The van der Waals surface area contributed by atoms with Crippen molar-refractivity contribution in [3.05, 3.63) is 35.9 Å². The number of hydrogen-bond acceptors (Lipinski definition) is 1. The van der Waals surface area contributed by atoms with E-state index in [4.69, 9.17) is 0 Å². The van der Waals surface area contributed by atoms with E-state index in [0.717, 1.165) is 12.0 Å². The smallest absolute Gasteiger partial charge is 0.162 e. The molecule has 0 aliphatic rings. The lowest BCUT2D eigenvalue weighted by Gasteiger charge is -1.96. The molecule has 12 heavy (non-hydrogen) atoms. The van der Waals surface area contributed by atoms with Crippen LogP contribution in [0, 0.1) is 0 Å². The third-order valence-electron chi connectivity index (χ3n) is 1.57. The van der Waals surface area contributed by atoms with Crippen LogP contribution in [0.3, 0.4) is 0 Å². The van der Waals surface area contributed by atoms with Crippen molar-refractivity contribution in [3.8, 4) is 0 Å². The third-order valence-corrected chi connectivity index (χ3v) is 1.57. The van der Waals surface area contributed by atoms with Gasteiger partial charge in [-0.2, -0.15) is 0 Å². The zero-order valence-electron chi connectivity index (χ0n) is 7.21. The molecule has 0 radical (unpaired) electrons. The fraction of sp³-hybridized carbons (Fsp3) is 0.300. The Bertz CT molecular complexity index is 229. The molecule has 0 aliphatic heterocycles. The zero-order valence-corrected chi connectivity index (χ0v) is 7.21. The Morgan fingerprint density at radius 2 is 1.83 bits per heavy atom. The summed E-state index contributed by atoms with van der Waals surface area (Å²) < 4.78 is 0. The molecule has 0 atom stereocenters. The first kappa shape index (κ1) is 10.8. The summed E-state index contributed by atoms with van der Waals surface area (Å²) in [5, 5.41) is 0.